The van der Waals surface area contributed by atoms with Gasteiger partial charge in [-0.1, -0.05) is 11.6 Å². The first-order valence-corrected chi connectivity index (χ1v) is 5.81. The Labute approximate surface area is 117 Å². The number of benzene rings is 1. The van der Waals surface area contributed by atoms with Crippen LogP contribution in [-0.4, -0.2) is 15.7 Å². The second kappa shape index (κ2) is 5.16. The Morgan fingerprint density at radius 3 is 2.60 bits per heavy atom. The van der Waals surface area contributed by atoms with E-state index in [4.69, 9.17) is 11.6 Å². The predicted octanol–water partition coefficient (Wildman–Crippen LogP) is 3.34. The highest BCUT2D eigenvalue weighted by atomic mass is 35.5. The van der Waals surface area contributed by atoms with Gasteiger partial charge in [-0.25, -0.2) is 0 Å². The predicted molar refractivity (Wildman–Crippen MR) is 67.6 cm³/mol. The molecule has 0 saturated carbocycles. The Kier molecular flexibility index (Phi) is 3.71. The van der Waals surface area contributed by atoms with Crippen molar-refractivity contribution in [3.63, 3.8) is 0 Å². The van der Waals surface area contributed by atoms with E-state index in [1.165, 1.54) is 23.1 Å². The van der Waals surface area contributed by atoms with Crippen LogP contribution in [0.1, 0.15) is 15.9 Å². The Balaban J connectivity index is 2.28. The van der Waals surface area contributed by atoms with Crippen molar-refractivity contribution in [2.24, 2.45) is 7.05 Å². The third-order valence-corrected chi connectivity index (χ3v) is 2.67. The van der Waals surface area contributed by atoms with Gasteiger partial charge in [-0.15, -0.1) is 0 Å². The highest BCUT2D eigenvalue weighted by molar-refractivity contribution is 6.31. The molecule has 4 nitrogen and oxygen atoms in total. The second-order valence-corrected chi connectivity index (χ2v) is 4.52. The molecule has 8 heteroatoms. The van der Waals surface area contributed by atoms with Gasteiger partial charge < -0.3 is 5.32 Å². The molecule has 2 rings (SSSR count). The van der Waals surface area contributed by atoms with Crippen LogP contribution in [0.25, 0.3) is 0 Å². The van der Waals surface area contributed by atoms with Crippen LogP contribution < -0.4 is 5.32 Å². The van der Waals surface area contributed by atoms with Crippen LogP contribution in [0.2, 0.25) is 5.02 Å². The second-order valence-electron chi connectivity index (χ2n) is 4.08. The SMILES string of the molecule is Cn1cc(NC(=O)c2cc(Cl)cc(C(F)(F)F)c2)cn1. The number of nitrogens with one attached hydrogen (secondary N) is 1. The quantitative estimate of drug-likeness (QED) is 0.925. The lowest BCUT2D eigenvalue weighted by Crippen LogP contribution is -2.13. The summed E-state index contributed by atoms with van der Waals surface area (Å²) in [6.45, 7) is 0. The van der Waals surface area contributed by atoms with Gasteiger partial charge in [0, 0.05) is 23.8 Å². The highest BCUT2D eigenvalue weighted by Gasteiger charge is 2.31. The normalized spacial score (nSPS) is 11.4. The number of rotatable bonds is 2. The highest BCUT2D eigenvalue weighted by Crippen LogP contribution is 2.32. The summed E-state index contributed by atoms with van der Waals surface area (Å²) in [5, 5.41) is 6.11. The van der Waals surface area contributed by atoms with Gasteiger partial charge in [0.25, 0.3) is 5.91 Å². The smallest absolute Gasteiger partial charge is 0.319 e. The van der Waals surface area contributed by atoms with E-state index >= 15 is 0 Å². The molecule has 0 unspecified atom stereocenters. The number of aromatic nitrogens is 2. The van der Waals surface area contributed by atoms with Gasteiger partial charge in [0.1, 0.15) is 0 Å². The molecule has 2 aromatic rings. The number of nitrogens with zero attached hydrogens (tertiary/aromatic N) is 2. The van der Waals surface area contributed by atoms with Crippen molar-refractivity contribution >= 4 is 23.2 Å². The minimum absolute atomic E-state index is 0.156. The van der Waals surface area contributed by atoms with Gasteiger partial charge in [-0.2, -0.15) is 18.3 Å². The lowest BCUT2D eigenvalue weighted by Gasteiger charge is -2.09. The molecule has 0 atom stereocenters. The van der Waals surface area contributed by atoms with E-state index < -0.39 is 17.6 Å². The van der Waals surface area contributed by atoms with Crippen LogP contribution in [0.15, 0.2) is 30.6 Å². The minimum Gasteiger partial charge on any atom is -0.319 e. The van der Waals surface area contributed by atoms with Crippen LogP contribution in [0, 0.1) is 0 Å². The number of alkyl halides is 3. The number of carbonyl (C=O) groups is 1. The molecule has 1 aromatic carbocycles. The fraction of sp³-hybridized carbons (Fsp3) is 0.167. The standard InChI is InChI=1S/C12H9ClF3N3O/c1-19-6-10(5-17-19)18-11(20)7-2-8(12(14,15)16)4-9(13)3-7/h2-6H,1H3,(H,18,20). The summed E-state index contributed by atoms with van der Waals surface area (Å²) in [5.41, 5.74) is -0.763. The molecule has 0 fully saturated rings. The van der Waals surface area contributed by atoms with E-state index in [0.29, 0.717) is 5.69 Å². The summed E-state index contributed by atoms with van der Waals surface area (Å²) >= 11 is 5.61. The van der Waals surface area contributed by atoms with Crippen LogP contribution in [-0.2, 0) is 13.2 Å². The molecule has 0 aliphatic carbocycles. The first kappa shape index (κ1) is 14.4. The zero-order valence-corrected chi connectivity index (χ0v) is 11.0. The molecule has 1 amide bonds. The molecule has 0 radical (unpaired) electrons. The van der Waals surface area contributed by atoms with Crippen molar-refractivity contribution in [2.75, 3.05) is 5.32 Å². The van der Waals surface area contributed by atoms with E-state index in [1.54, 1.807) is 7.05 Å². The number of anilines is 1. The Bertz CT molecular complexity index is 652. The largest absolute Gasteiger partial charge is 0.416 e. The molecular formula is C12H9ClF3N3O. The molecular weight excluding hydrogens is 295 g/mol. The maximum atomic E-state index is 12.6. The fourth-order valence-electron chi connectivity index (χ4n) is 1.57. The lowest BCUT2D eigenvalue weighted by molar-refractivity contribution is -0.137. The fourth-order valence-corrected chi connectivity index (χ4v) is 1.81. The summed E-state index contributed by atoms with van der Waals surface area (Å²) in [7, 11) is 1.65. The molecule has 20 heavy (non-hydrogen) atoms. The number of amides is 1. The van der Waals surface area contributed by atoms with Crippen molar-refractivity contribution in [1.82, 2.24) is 9.78 Å². The van der Waals surface area contributed by atoms with E-state index in [-0.39, 0.29) is 10.6 Å². The van der Waals surface area contributed by atoms with Gasteiger partial charge >= 0.3 is 6.18 Å². The summed E-state index contributed by atoms with van der Waals surface area (Å²) in [6, 6.07) is 2.68. The molecule has 106 valence electrons. The summed E-state index contributed by atoms with van der Waals surface area (Å²) < 4.78 is 39.4. The zero-order valence-electron chi connectivity index (χ0n) is 10.2. The summed E-state index contributed by atoms with van der Waals surface area (Å²) in [6.07, 6.45) is -1.66. The molecule has 0 aliphatic heterocycles. The van der Waals surface area contributed by atoms with Gasteiger partial charge in [-0.05, 0) is 18.2 Å². The van der Waals surface area contributed by atoms with Crippen molar-refractivity contribution in [3.8, 4) is 0 Å². The Morgan fingerprint density at radius 2 is 2.05 bits per heavy atom. The molecule has 1 aromatic heterocycles. The summed E-state index contributed by atoms with van der Waals surface area (Å²) in [5.74, 6) is -0.689. The molecule has 0 saturated heterocycles. The molecule has 0 spiro atoms. The number of hydrogen-bond acceptors (Lipinski definition) is 2. The topological polar surface area (TPSA) is 46.9 Å². The van der Waals surface area contributed by atoms with Gasteiger partial charge in [0.2, 0.25) is 0 Å². The average molecular weight is 304 g/mol. The zero-order chi connectivity index (χ0) is 14.9. The van der Waals surface area contributed by atoms with Crippen LogP contribution in [0.4, 0.5) is 18.9 Å². The van der Waals surface area contributed by atoms with E-state index in [0.717, 1.165) is 12.1 Å². The number of carbonyl (C=O) groups excluding carboxylic acids is 1. The van der Waals surface area contributed by atoms with Crippen LogP contribution in [0.5, 0.6) is 0 Å². The maximum Gasteiger partial charge on any atom is 0.416 e. The average Bonchev–Trinajstić information content (AvgIpc) is 2.72. The lowest BCUT2D eigenvalue weighted by atomic mass is 10.1. The van der Waals surface area contributed by atoms with Gasteiger partial charge in [-0.3, -0.25) is 9.48 Å². The monoisotopic (exact) mass is 303 g/mol. The summed E-state index contributed by atoms with van der Waals surface area (Å²) in [4.78, 5) is 11.9. The van der Waals surface area contributed by atoms with Gasteiger partial charge in [0.15, 0.2) is 0 Å². The first-order valence-electron chi connectivity index (χ1n) is 5.43. The number of aryl methyl sites for hydroxylation is 1. The molecule has 0 aliphatic rings. The first-order chi connectivity index (χ1) is 9.25. The van der Waals surface area contributed by atoms with Crippen molar-refractivity contribution in [1.29, 1.82) is 0 Å². The molecule has 0 bridgehead atoms. The number of halogens is 4. The van der Waals surface area contributed by atoms with E-state index in [2.05, 4.69) is 10.4 Å². The third kappa shape index (κ3) is 3.30. The Hall–Kier alpha value is -2.02. The molecule has 1 heterocycles. The molecule has 1 N–H and O–H groups in total. The van der Waals surface area contributed by atoms with Crippen molar-refractivity contribution in [2.45, 2.75) is 6.18 Å². The van der Waals surface area contributed by atoms with E-state index in [1.807, 2.05) is 0 Å². The van der Waals surface area contributed by atoms with Crippen molar-refractivity contribution in [3.05, 3.63) is 46.7 Å². The maximum absolute atomic E-state index is 12.6. The van der Waals surface area contributed by atoms with Crippen LogP contribution in [0.3, 0.4) is 0 Å². The Morgan fingerprint density at radius 1 is 1.35 bits per heavy atom. The van der Waals surface area contributed by atoms with Crippen molar-refractivity contribution < 1.29 is 18.0 Å². The third-order valence-electron chi connectivity index (χ3n) is 2.45. The van der Waals surface area contributed by atoms with Crippen LogP contribution >= 0.6 is 11.6 Å². The minimum atomic E-state index is -4.56. The number of hydrogen-bond donors (Lipinski definition) is 1. The van der Waals surface area contributed by atoms with Gasteiger partial charge in [0.05, 0.1) is 17.4 Å². The van der Waals surface area contributed by atoms with E-state index in [9.17, 15) is 18.0 Å².